The monoisotopic (exact) mass is 303 g/mol. The minimum atomic E-state index is -1.22. The maximum absolute atomic E-state index is 11.3. The van der Waals surface area contributed by atoms with Gasteiger partial charge in [0, 0.05) is 0 Å². The molecule has 21 heavy (non-hydrogen) atoms. The molecule has 0 saturated heterocycles. The summed E-state index contributed by atoms with van der Waals surface area (Å²) in [6, 6.07) is -1.22. The molecule has 0 amide bonds. The molecule has 6 heteroatoms. The number of carbonyl (C=O) groups excluding carboxylic acids is 1. The lowest BCUT2D eigenvalue weighted by Crippen LogP contribution is -2.36. The number of hydrogen-bond acceptors (Lipinski definition) is 5. The van der Waals surface area contributed by atoms with Gasteiger partial charge in [0.05, 0.1) is 0 Å². The van der Waals surface area contributed by atoms with Crippen molar-refractivity contribution in [3.63, 3.8) is 0 Å². The molecule has 0 rings (SSSR count). The van der Waals surface area contributed by atoms with E-state index < -0.39 is 18.2 Å². The van der Waals surface area contributed by atoms with Crippen LogP contribution >= 0.6 is 0 Å². The molecule has 0 aromatic rings. The van der Waals surface area contributed by atoms with Gasteiger partial charge in [0.2, 0.25) is 0 Å². The van der Waals surface area contributed by atoms with Crippen molar-refractivity contribution in [1.82, 2.24) is 0 Å². The third kappa shape index (κ3) is 11.1. The van der Waals surface area contributed by atoms with Crippen LogP contribution in [0.2, 0.25) is 0 Å². The molecule has 3 atom stereocenters. The molecule has 3 unspecified atom stereocenters. The van der Waals surface area contributed by atoms with Crippen LogP contribution in [0.4, 0.5) is 4.79 Å². The standard InChI is InChI=1S/C15H29NO5/c1-10(2)8-11(3)6-5-7-12(4)21-15(19)20-9-13(16)14(17)18/h10-13H,5-9,16H2,1-4H3,(H,17,18). The van der Waals surface area contributed by atoms with Crippen molar-refractivity contribution in [3.05, 3.63) is 0 Å². The highest BCUT2D eigenvalue weighted by atomic mass is 16.7. The van der Waals surface area contributed by atoms with Crippen molar-refractivity contribution in [1.29, 1.82) is 0 Å². The summed E-state index contributed by atoms with van der Waals surface area (Å²) in [5.41, 5.74) is 5.22. The predicted molar refractivity (Wildman–Crippen MR) is 80.0 cm³/mol. The fraction of sp³-hybridized carbons (Fsp3) is 0.867. The van der Waals surface area contributed by atoms with E-state index in [1.807, 2.05) is 0 Å². The van der Waals surface area contributed by atoms with E-state index in [4.69, 9.17) is 15.6 Å². The Bertz CT molecular complexity index is 319. The van der Waals surface area contributed by atoms with Gasteiger partial charge in [-0.3, -0.25) is 4.79 Å². The average Bonchev–Trinajstić information content (AvgIpc) is 2.34. The summed E-state index contributed by atoms with van der Waals surface area (Å²) < 4.78 is 9.68. The van der Waals surface area contributed by atoms with Gasteiger partial charge in [0.1, 0.15) is 18.8 Å². The molecule has 0 bridgehead atoms. The first-order valence-electron chi connectivity index (χ1n) is 7.54. The van der Waals surface area contributed by atoms with Gasteiger partial charge in [-0.2, -0.15) is 0 Å². The fourth-order valence-electron chi connectivity index (χ4n) is 2.16. The lowest BCUT2D eigenvalue weighted by atomic mass is 9.93. The molecule has 0 aromatic carbocycles. The summed E-state index contributed by atoms with van der Waals surface area (Å²) in [7, 11) is 0. The Hall–Kier alpha value is -1.30. The Morgan fingerprint density at radius 2 is 1.76 bits per heavy atom. The van der Waals surface area contributed by atoms with Crippen molar-refractivity contribution in [2.45, 2.75) is 65.5 Å². The van der Waals surface area contributed by atoms with Crippen molar-refractivity contribution >= 4 is 12.1 Å². The first-order valence-corrected chi connectivity index (χ1v) is 7.54. The van der Waals surface area contributed by atoms with Crippen LogP contribution in [-0.4, -0.2) is 36.0 Å². The minimum absolute atomic E-state index is 0.246. The Kier molecular flexibility index (Phi) is 9.78. The Balaban J connectivity index is 3.76. The van der Waals surface area contributed by atoms with E-state index in [1.165, 1.54) is 6.42 Å². The van der Waals surface area contributed by atoms with E-state index >= 15 is 0 Å². The zero-order valence-corrected chi connectivity index (χ0v) is 13.5. The van der Waals surface area contributed by atoms with Crippen LogP contribution in [0.25, 0.3) is 0 Å². The molecule has 0 heterocycles. The van der Waals surface area contributed by atoms with Crippen LogP contribution in [-0.2, 0) is 14.3 Å². The van der Waals surface area contributed by atoms with Crippen molar-refractivity contribution in [2.24, 2.45) is 17.6 Å². The first-order chi connectivity index (χ1) is 9.72. The van der Waals surface area contributed by atoms with E-state index in [-0.39, 0.29) is 12.7 Å². The molecule has 0 fully saturated rings. The fourth-order valence-corrected chi connectivity index (χ4v) is 2.16. The molecule has 0 aliphatic heterocycles. The number of aliphatic carboxylic acids is 1. The number of carboxylic acids is 1. The quantitative estimate of drug-likeness (QED) is 0.602. The van der Waals surface area contributed by atoms with E-state index in [0.717, 1.165) is 19.3 Å². The van der Waals surface area contributed by atoms with E-state index in [1.54, 1.807) is 6.92 Å². The number of carboxylic acid groups (broad SMARTS) is 1. The van der Waals surface area contributed by atoms with Crippen LogP contribution in [0, 0.1) is 11.8 Å². The lowest BCUT2D eigenvalue weighted by molar-refractivity contribution is -0.139. The molecule has 0 aliphatic rings. The highest BCUT2D eigenvalue weighted by Crippen LogP contribution is 2.18. The van der Waals surface area contributed by atoms with Crippen LogP contribution in [0.15, 0.2) is 0 Å². The second-order valence-electron chi connectivity index (χ2n) is 6.10. The summed E-state index contributed by atoms with van der Waals surface area (Å²) in [5, 5.41) is 8.55. The molecule has 0 radical (unpaired) electrons. The van der Waals surface area contributed by atoms with Crippen LogP contribution < -0.4 is 5.73 Å². The van der Waals surface area contributed by atoms with Crippen molar-refractivity contribution in [2.75, 3.05) is 6.61 Å². The number of nitrogens with two attached hydrogens (primary N) is 1. The highest BCUT2D eigenvalue weighted by molar-refractivity contribution is 5.73. The second-order valence-corrected chi connectivity index (χ2v) is 6.10. The average molecular weight is 303 g/mol. The normalized spacial score (nSPS) is 15.3. The predicted octanol–water partition coefficient (Wildman–Crippen LogP) is 2.79. The Labute approximate surface area is 127 Å². The Morgan fingerprint density at radius 1 is 1.14 bits per heavy atom. The molecule has 0 saturated carbocycles. The van der Waals surface area contributed by atoms with Gasteiger partial charge < -0.3 is 20.3 Å². The molecule has 3 N–H and O–H groups in total. The van der Waals surface area contributed by atoms with Crippen LogP contribution in [0.5, 0.6) is 0 Å². The summed E-state index contributed by atoms with van der Waals surface area (Å²) in [6.45, 7) is 8.06. The molecule has 6 nitrogen and oxygen atoms in total. The largest absolute Gasteiger partial charge is 0.508 e. The van der Waals surface area contributed by atoms with E-state index in [9.17, 15) is 9.59 Å². The van der Waals surface area contributed by atoms with Gasteiger partial charge in [0.25, 0.3) is 0 Å². The van der Waals surface area contributed by atoms with Gasteiger partial charge in [-0.05, 0) is 38.0 Å². The van der Waals surface area contributed by atoms with Gasteiger partial charge in [-0.1, -0.05) is 27.2 Å². The van der Waals surface area contributed by atoms with Crippen LogP contribution in [0.3, 0.4) is 0 Å². The summed E-state index contributed by atoms with van der Waals surface area (Å²) in [6.07, 6.45) is 2.94. The zero-order chi connectivity index (χ0) is 16.4. The number of hydrogen-bond donors (Lipinski definition) is 2. The van der Waals surface area contributed by atoms with Gasteiger partial charge in [-0.25, -0.2) is 4.79 Å². The van der Waals surface area contributed by atoms with Gasteiger partial charge >= 0.3 is 12.1 Å². The Morgan fingerprint density at radius 3 is 2.29 bits per heavy atom. The lowest BCUT2D eigenvalue weighted by Gasteiger charge is -2.16. The van der Waals surface area contributed by atoms with Crippen molar-refractivity contribution in [3.8, 4) is 0 Å². The third-order valence-corrected chi connectivity index (χ3v) is 3.18. The molecular formula is C15H29NO5. The highest BCUT2D eigenvalue weighted by Gasteiger charge is 2.16. The van der Waals surface area contributed by atoms with Gasteiger partial charge in [-0.15, -0.1) is 0 Å². The smallest absolute Gasteiger partial charge is 0.480 e. The molecule has 124 valence electrons. The maximum Gasteiger partial charge on any atom is 0.508 e. The second kappa shape index (κ2) is 10.4. The summed E-state index contributed by atoms with van der Waals surface area (Å²) in [4.78, 5) is 21.8. The topological polar surface area (TPSA) is 98.9 Å². The van der Waals surface area contributed by atoms with E-state index in [2.05, 4.69) is 25.5 Å². The zero-order valence-electron chi connectivity index (χ0n) is 13.5. The van der Waals surface area contributed by atoms with Crippen LogP contribution in [0.1, 0.15) is 53.4 Å². The summed E-state index contributed by atoms with van der Waals surface area (Å²) in [5.74, 6) is 0.148. The number of ether oxygens (including phenoxy) is 2. The number of rotatable bonds is 10. The van der Waals surface area contributed by atoms with Gasteiger partial charge in [0.15, 0.2) is 0 Å². The SMILES string of the molecule is CC(C)CC(C)CCCC(C)OC(=O)OCC(N)C(=O)O. The first kappa shape index (κ1) is 19.7. The molecule has 0 aliphatic carbocycles. The van der Waals surface area contributed by atoms with E-state index in [0.29, 0.717) is 11.8 Å². The summed E-state index contributed by atoms with van der Waals surface area (Å²) >= 11 is 0. The molecule has 0 spiro atoms. The maximum atomic E-state index is 11.3. The van der Waals surface area contributed by atoms with Crippen molar-refractivity contribution < 1.29 is 24.2 Å². The minimum Gasteiger partial charge on any atom is -0.480 e. The molecule has 0 aromatic heterocycles. The number of carbonyl (C=O) groups is 2. The molecular weight excluding hydrogens is 274 g/mol. The third-order valence-electron chi connectivity index (χ3n) is 3.18.